The van der Waals surface area contributed by atoms with Crippen molar-refractivity contribution in [3.05, 3.63) is 29.8 Å². The zero-order chi connectivity index (χ0) is 15.3. The number of nitrogens with one attached hydrogen (secondary N) is 1. The minimum atomic E-state index is -0.822. The fourth-order valence-electron chi connectivity index (χ4n) is 2.10. The number of hydrogen-bond donors (Lipinski definition) is 2. The molecule has 114 valence electrons. The molecule has 1 fully saturated rings. The summed E-state index contributed by atoms with van der Waals surface area (Å²) in [6, 6.07) is 7.43. The Bertz CT molecular complexity index is 523. The molecule has 2 N–H and O–H groups in total. The van der Waals surface area contributed by atoms with Crippen LogP contribution >= 0.6 is 0 Å². The number of amides is 1. The van der Waals surface area contributed by atoms with Gasteiger partial charge in [-0.25, -0.2) is 0 Å². The highest BCUT2D eigenvalue weighted by atomic mass is 16.5. The normalized spacial score (nSPS) is 15.3. The van der Waals surface area contributed by atoms with Crippen molar-refractivity contribution < 1.29 is 19.4 Å². The molecule has 0 spiro atoms. The largest absolute Gasteiger partial charge is 0.494 e. The maximum Gasteiger partial charge on any atom is 0.311 e. The number of ether oxygens (including phenoxy) is 1. The molecule has 2 rings (SSSR count). The second-order valence-electron chi connectivity index (χ2n) is 5.53. The fraction of sp³-hybridized carbons (Fsp3) is 0.500. The van der Waals surface area contributed by atoms with E-state index >= 15 is 0 Å². The Morgan fingerprint density at radius 2 is 2.14 bits per heavy atom. The molecule has 0 aliphatic heterocycles. The summed E-state index contributed by atoms with van der Waals surface area (Å²) in [6.07, 6.45) is 2.45. The molecule has 0 saturated heterocycles. The van der Waals surface area contributed by atoms with E-state index in [2.05, 4.69) is 5.32 Å². The van der Waals surface area contributed by atoms with Gasteiger partial charge >= 0.3 is 5.97 Å². The molecule has 0 unspecified atom stereocenters. The summed E-state index contributed by atoms with van der Waals surface area (Å²) in [5, 5.41) is 11.8. The maximum atomic E-state index is 11.9. The standard InChI is InChI=1S/C16H21NO4/c1-2-8-21-13-5-3-4-12(9-13)10-14(18)17-11-16(6-7-16)15(19)20/h3-5,9H,2,6-8,10-11H2,1H3,(H,17,18)(H,19,20). The van der Waals surface area contributed by atoms with Crippen LogP contribution in [0.3, 0.4) is 0 Å². The Kier molecular flexibility index (Phi) is 4.83. The number of rotatable bonds is 8. The summed E-state index contributed by atoms with van der Waals surface area (Å²) in [5.74, 6) is -0.223. The molecule has 1 aliphatic carbocycles. The zero-order valence-corrected chi connectivity index (χ0v) is 12.2. The van der Waals surface area contributed by atoms with Gasteiger partial charge in [0.15, 0.2) is 0 Å². The average Bonchev–Trinajstić information content (AvgIpc) is 3.25. The molecule has 1 aromatic rings. The van der Waals surface area contributed by atoms with Crippen LogP contribution in [0.5, 0.6) is 5.75 Å². The zero-order valence-electron chi connectivity index (χ0n) is 12.2. The lowest BCUT2D eigenvalue weighted by atomic mass is 10.1. The number of carbonyl (C=O) groups excluding carboxylic acids is 1. The molecule has 0 radical (unpaired) electrons. The Balaban J connectivity index is 1.83. The molecule has 0 aromatic heterocycles. The van der Waals surface area contributed by atoms with Crippen LogP contribution in [-0.2, 0) is 16.0 Å². The van der Waals surface area contributed by atoms with Gasteiger partial charge in [0.25, 0.3) is 0 Å². The first kappa shape index (κ1) is 15.4. The topological polar surface area (TPSA) is 75.6 Å². The summed E-state index contributed by atoms with van der Waals surface area (Å²) >= 11 is 0. The molecule has 5 heteroatoms. The van der Waals surface area contributed by atoms with Crippen LogP contribution in [0.15, 0.2) is 24.3 Å². The van der Waals surface area contributed by atoms with Crippen molar-refractivity contribution in [2.45, 2.75) is 32.6 Å². The maximum absolute atomic E-state index is 11.9. The Hall–Kier alpha value is -2.04. The second kappa shape index (κ2) is 6.61. The molecule has 0 atom stereocenters. The lowest BCUT2D eigenvalue weighted by molar-refractivity contribution is -0.143. The lowest BCUT2D eigenvalue weighted by Crippen LogP contribution is -2.35. The SMILES string of the molecule is CCCOc1cccc(CC(=O)NCC2(C(=O)O)CC2)c1. The van der Waals surface area contributed by atoms with Gasteiger partial charge in [-0.1, -0.05) is 19.1 Å². The number of carbonyl (C=O) groups is 2. The highest BCUT2D eigenvalue weighted by Crippen LogP contribution is 2.45. The summed E-state index contributed by atoms with van der Waals surface area (Å²) in [5.41, 5.74) is 0.142. The van der Waals surface area contributed by atoms with E-state index < -0.39 is 11.4 Å². The molecule has 5 nitrogen and oxygen atoms in total. The molecule has 1 saturated carbocycles. The van der Waals surface area contributed by atoms with E-state index in [1.807, 2.05) is 31.2 Å². The summed E-state index contributed by atoms with van der Waals surface area (Å²) < 4.78 is 5.52. The van der Waals surface area contributed by atoms with Crippen molar-refractivity contribution >= 4 is 11.9 Å². The van der Waals surface area contributed by atoms with Crippen molar-refractivity contribution in [3.63, 3.8) is 0 Å². The van der Waals surface area contributed by atoms with Gasteiger partial charge in [-0.05, 0) is 37.0 Å². The third-order valence-corrected chi connectivity index (χ3v) is 3.67. The van der Waals surface area contributed by atoms with Gasteiger partial charge in [0.1, 0.15) is 5.75 Å². The smallest absolute Gasteiger partial charge is 0.311 e. The predicted molar refractivity (Wildman–Crippen MR) is 78.2 cm³/mol. The number of aliphatic carboxylic acids is 1. The monoisotopic (exact) mass is 291 g/mol. The van der Waals surface area contributed by atoms with E-state index in [9.17, 15) is 9.59 Å². The Morgan fingerprint density at radius 1 is 1.38 bits per heavy atom. The first-order chi connectivity index (χ1) is 10.1. The predicted octanol–water partition coefficient (Wildman–Crippen LogP) is 2.00. The molecule has 21 heavy (non-hydrogen) atoms. The number of carboxylic acids is 1. The molecule has 0 heterocycles. The molecular weight excluding hydrogens is 270 g/mol. The van der Waals surface area contributed by atoms with Crippen LogP contribution in [0.4, 0.5) is 0 Å². The van der Waals surface area contributed by atoms with Gasteiger partial charge < -0.3 is 15.2 Å². The van der Waals surface area contributed by atoms with Crippen molar-refractivity contribution in [1.82, 2.24) is 5.32 Å². The number of hydrogen-bond acceptors (Lipinski definition) is 3. The first-order valence-corrected chi connectivity index (χ1v) is 7.27. The summed E-state index contributed by atoms with van der Waals surface area (Å²) in [7, 11) is 0. The van der Waals surface area contributed by atoms with Crippen molar-refractivity contribution in [1.29, 1.82) is 0 Å². The van der Waals surface area contributed by atoms with Crippen LogP contribution in [0.25, 0.3) is 0 Å². The van der Waals surface area contributed by atoms with Crippen LogP contribution in [-0.4, -0.2) is 30.1 Å². The molecule has 1 aromatic carbocycles. The number of benzene rings is 1. The van der Waals surface area contributed by atoms with Gasteiger partial charge in [0, 0.05) is 6.54 Å². The Morgan fingerprint density at radius 3 is 2.76 bits per heavy atom. The van der Waals surface area contributed by atoms with E-state index in [1.165, 1.54) is 0 Å². The summed E-state index contributed by atoms with van der Waals surface area (Å²) in [4.78, 5) is 22.9. The van der Waals surface area contributed by atoms with E-state index in [1.54, 1.807) is 0 Å². The first-order valence-electron chi connectivity index (χ1n) is 7.27. The van der Waals surface area contributed by atoms with Gasteiger partial charge in [0.2, 0.25) is 5.91 Å². The van der Waals surface area contributed by atoms with Crippen molar-refractivity contribution in [3.8, 4) is 5.75 Å². The molecule has 1 amide bonds. The fourth-order valence-corrected chi connectivity index (χ4v) is 2.10. The van der Waals surface area contributed by atoms with Gasteiger partial charge in [-0.3, -0.25) is 9.59 Å². The van der Waals surface area contributed by atoms with E-state index in [-0.39, 0.29) is 18.9 Å². The molecule has 0 bridgehead atoms. The van der Waals surface area contributed by atoms with Gasteiger partial charge in [-0.15, -0.1) is 0 Å². The van der Waals surface area contributed by atoms with E-state index in [0.29, 0.717) is 19.4 Å². The second-order valence-corrected chi connectivity index (χ2v) is 5.53. The molecule has 1 aliphatic rings. The Labute approximate surface area is 124 Å². The van der Waals surface area contributed by atoms with Gasteiger partial charge in [-0.2, -0.15) is 0 Å². The van der Waals surface area contributed by atoms with Crippen LogP contribution in [0.2, 0.25) is 0 Å². The van der Waals surface area contributed by atoms with Crippen LogP contribution in [0.1, 0.15) is 31.7 Å². The lowest BCUT2D eigenvalue weighted by Gasteiger charge is -2.11. The number of carboxylic acid groups (broad SMARTS) is 1. The van der Waals surface area contributed by atoms with Gasteiger partial charge in [0.05, 0.1) is 18.4 Å². The van der Waals surface area contributed by atoms with E-state index in [4.69, 9.17) is 9.84 Å². The minimum absolute atomic E-state index is 0.157. The summed E-state index contributed by atoms with van der Waals surface area (Å²) in [6.45, 7) is 2.90. The average molecular weight is 291 g/mol. The van der Waals surface area contributed by atoms with Crippen LogP contribution < -0.4 is 10.1 Å². The highest BCUT2D eigenvalue weighted by molar-refractivity contribution is 5.82. The highest BCUT2D eigenvalue weighted by Gasteiger charge is 2.50. The van der Waals surface area contributed by atoms with Crippen LogP contribution in [0, 0.1) is 5.41 Å². The van der Waals surface area contributed by atoms with E-state index in [0.717, 1.165) is 17.7 Å². The quantitative estimate of drug-likeness (QED) is 0.768. The third-order valence-electron chi connectivity index (χ3n) is 3.67. The molecular formula is C16H21NO4. The minimum Gasteiger partial charge on any atom is -0.494 e. The third kappa shape index (κ3) is 4.21. The van der Waals surface area contributed by atoms with Crippen molar-refractivity contribution in [2.75, 3.05) is 13.2 Å². The van der Waals surface area contributed by atoms with Crippen molar-refractivity contribution in [2.24, 2.45) is 5.41 Å².